The first kappa shape index (κ1) is 32.8. The highest BCUT2D eigenvalue weighted by atomic mass is 15.1. The predicted molar refractivity (Wildman–Crippen MR) is 241 cm³/mol. The Morgan fingerprint density at radius 3 is 1.40 bits per heavy atom. The van der Waals surface area contributed by atoms with Crippen molar-refractivity contribution in [1.29, 1.82) is 0 Å². The maximum Gasteiger partial charge on any atom is 0.0562 e. The van der Waals surface area contributed by atoms with Gasteiger partial charge in [-0.1, -0.05) is 146 Å². The van der Waals surface area contributed by atoms with E-state index >= 15 is 0 Å². The van der Waals surface area contributed by atoms with Gasteiger partial charge in [-0.05, 0) is 101 Å². The summed E-state index contributed by atoms with van der Waals surface area (Å²) in [5, 5.41) is 4.97. The van der Waals surface area contributed by atoms with Crippen molar-refractivity contribution in [3.8, 4) is 33.6 Å². The average molecular weight is 728 g/mol. The second-order valence-corrected chi connectivity index (χ2v) is 14.6. The molecule has 3 heteroatoms. The van der Waals surface area contributed by atoms with Crippen LogP contribution < -0.4 is 4.90 Å². The number of para-hydroxylation sites is 4. The lowest BCUT2D eigenvalue weighted by molar-refractivity contribution is 1.18. The predicted octanol–water partition coefficient (Wildman–Crippen LogP) is 14.7. The maximum atomic E-state index is 2.42. The van der Waals surface area contributed by atoms with Gasteiger partial charge in [0.05, 0.1) is 27.8 Å². The van der Waals surface area contributed by atoms with Crippen LogP contribution in [0.3, 0.4) is 0 Å². The first-order chi connectivity index (χ1) is 28.3. The Balaban J connectivity index is 1.04. The number of rotatable bonds is 7. The van der Waals surface area contributed by atoms with Gasteiger partial charge in [-0.2, -0.15) is 0 Å². The SMILES string of the molecule is c1ccc(-c2cccc(N(c3ccc(-c4ccc(-n5c6ccccc6c6ccccc65)cc4)cc3)c3cccc4c3c3ccccc3n4-c3ccccc3)c2)cc1. The Hall–Kier alpha value is -7.62. The fourth-order valence-electron chi connectivity index (χ4n) is 8.73. The normalized spacial score (nSPS) is 11.5. The Morgan fingerprint density at radius 2 is 0.737 bits per heavy atom. The average Bonchev–Trinajstić information content (AvgIpc) is 3.81. The molecule has 0 saturated heterocycles. The van der Waals surface area contributed by atoms with Crippen molar-refractivity contribution in [2.75, 3.05) is 4.90 Å². The molecule has 0 aliphatic carbocycles. The third-order valence-electron chi connectivity index (χ3n) is 11.3. The Kier molecular flexibility index (Phi) is 7.82. The number of hydrogen-bond acceptors (Lipinski definition) is 1. The number of aromatic nitrogens is 2. The van der Waals surface area contributed by atoms with E-state index in [0.29, 0.717) is 0 Å². The van der Waals surface area contributed by atoms with Crippen LogP contribution in [0.15, 0.2) is 224 Å². The third-order valence-corrected chi connectivity index (χ3v) is 11.3. The standard InChI is InChI=1S/C54H37N3/c1-3-15-38(16-4-1)41-17-13-20-45(37-41)55(52-27-14-28-53-54(52)48-23-9-12-26-51(48)57(53)42-18-5-2-6-19-42)43-33-29-39(30-34-43)40-31-35-44(36-32-40)56-49-24-10-7-21-46(49)47-22-8-11-25-50(47)56/h1-37H. The van der Waals surface area contributed by atoms with Crippen LogP contribution in [0, 0.1) is 0 Å². The van der Waals surface area contributed by atoms with E-state index in [9.17, 15) is 0 Å². The summed E-state index contributed by atoms with van der Waals surface area (Å²) in [6.45, 7) is 0. The molecule has 0 atom stereocenters. The Morgan fingerprint density at radius 1 is 0.281 bits per heavy atom. The lowest BCUT2D eigenvalue weighted by Gasteiger charge is -2.27. The van der Waals surface area contributed by atoms with Crippen molar-refractivity contribution in [3.05, 3.63) is 224 Å². The number of nitrogens with zero attached hydrogens (tertiary/aromatic N) is 3. The molecule has 0 amide bonds. The van der Waals surface area contributed by atoms with Gasteiger partial charge in [-0.25, -0.2) is 0 Å². The maximum absolute atomic E-state index is 2.42. The van der Waals surface area contributed by atoms with E-state index in [1.54, 1.807) is 0 Å². The van der Waals surface area contributed by atoms with E-state index in [4.69, 9.17) is 0 Å². The van der Waals surface area contributed by atoms with Crippen LogP contribution in [0.4, 0.5) is 17.1 Å². The molecule has 0 fully saturated rings. The monoisotopic (exact) mass is 727 g/mol. The quantitative estimate of drug-likeness (QED) is 0.159. The van der Waals surface area contributed by atoms with Crippen molar-refractivity contribution in [1.82, 2.24) is 9.13 Å². The van der Waals surface area contributed by atoms with Crippen LogP contribution >= 0.6 is 0 Å². The van der Waals surface area contributed by atoms with E-state index in [-0.39, 0.29) is 0 Å². The minimum absolute atomic E-state index is 1.09. The van der Waals surface area contributed by atoms with E-state index in [1.165, 1.54) is 65.9 Å². The molecular weight excluding hydrogens is 691 g/mol. The fourth-order valence-corrected chi connectivity index (χ4v) is 8.73. The van der Waals surface area contributed by atoms with Crippen molar-refractivity contribution < 1.29 is 0 Å². The molecule has 2 heterocycles. The minimum Gasteiger partial charge on any atom is -0.310 e. The molecule has 0 aliphatic rings. The molecule has 9 aromatic carbocycles. The van der Waals surface area contributed by atoms with Crippen LogP contribution in [-0.4, -0.2) is 9.13 Å². The van der Waals surface area contributed by atoms with Gasteiger partial charge in [-0.3, -0.25) is 0 Å². The van der Waals surface area contributed by atoms with Gasteiger partial charge in [0.2, 0.25) is 0 Å². The highest BCUT2D eigenvalue weighted by molar-refractivity contribution is 6.16. The second-order valence-electron chi connectivity index (χ2n) is 14.6. The number of hydrogen-bond donors (Lipinski definition) is 0. The van der Waals surface area contributed by atoms with Crippen molar-refractivity contribution in [2.45, 2.75) is 0 Å². The largest absolute Gasteiger partial charge is 0.310 e. The van der Waals surface area contributed by atoms with E-state index < -0.39 is 0 Å². The summed E-state index contributed by atoms with van der Waals surface area (Å²) in [6, 6.07) is 81.1. The molecular formula is C54H37N3. The van der Waals surface area contributed by atoms with E-state index in [1.807, 2.05) is 0 Å². The van der Waals surface area contributed by atoms with Crippen molar-refractivity contribution in [3.63, 3.8) is 0 Å². The zero-order chi connectivity index (χ0) is 37.7. The summed E-state index contributed by atoms with van der Waals surface area (Å²) in [7, 11) is 0. The second kappa shape index (κ2) is 13.6. The van der Waals surface area contributed by atoms with Gasteiger partial charge in [-0.15, -0.1) is 0 Å². The molecule has 0 bridgehead atoms. The first-order valence-corrected chi connectivity index (χ1v) is 19.5. The summed E-state index contributed by atoms with van der Waals surface area (Å²) in [6.07, 6.45) is 0. The van der Waals surface area contributed by atoms with Gasteiger partial charge in [0.1, 0.15) is 0 Å². The molecule has 3 nitrogen and oxygen atoms in total. The van der Waals surface area contributed by atoms with E-state index in [2.05, 4.69) is 238 Å². The Labute approximate surface area is 331 Å². The lowest BCUT2D eigenvalue weighted by Crippen LogP contribution is -2.10. The van der Waals surface area contributed by atoms with Crippen LogP contribution in [-0.2, 0) is 0 Å². The van der Waals surface area contributed by atoms with Crippen molar-refractivity contribution in [2.24, 2.45) is 0 Å². The van der Waals surface area contributed by atoms with Gasteiger partial charge in [0.15, 0.2) is 0 Å². The summed E-state index contributed by atoms with van der Waals surface area (Å²) >= 11 is 0. The van der Waals surface area contributed by atoms with Crippen LogP contribution in [0.5, 0.6) is 0 Å². The summed E-state index contributed by atoms with van der Waals surface area (Å²) in [5.41, 5.74) is 15.1. The zero-order valence-electron chi connectivity index (χ0n) is 31.2. The van der Waals surface area contributed by atoms with Gasteiger partial charge in [0, 0.05) is 44.3 Å². The molecule has 268 valence electrons. The molecule has 0 unspecified atom stereocenters. The smallest absolute Gasteiger partial charge is 0.0562 e. The van der Waals surface area contributed by atoms with Crippen LogP contribution in [0.1, 0.15) is 0 Å². The molecule has 57 heavy (non-hydrogen) atoms. The van der Waals surface area contributed by atoms with Crippen LogP contribution in [0.2, 0.25) is 0 Å². The lowest BCUT2D eigenvalue weighted by atomic mass is 10.0. The molecule has 11 rings (SSSR count). The number of fused-ring (bicyclic) bond motifs is 6. The van der Waals surface area contributed by atoms with Gasteiger partial charge >= 0.3 is 0 Å². The van der Waals surface area contributed by atoms with Crippen LogP contribution in [0.25, 0.3) is 77.2 Å². The highest BCUT2D eigenvalue weighted by Gasteiger charge is 2.21. The van der Waals surface area contributed by atoms with E-state index in [0.717, 1.165) is 28.4 Å². The van der Waals surface area contributed by atoms with Gasteiger partial charge < -0.3 is 14.0 Å². The molecule has 0 saturated carbocycles. The van der Waals surface area contributed by atoms with Crippen molar-refractivity contribution >= 4 is 60.7 Å². The molecule has 0 N–H and O–H groups in total. The highest BCUT2D eigenvalue weighted by Crippen LogP contribution is 2.45. The fraction of sp³-hybridized carbons (Fsp3) is 0. The number of benzene rings is 9. The number of anilines is 3. The molecule has 0 radical (unpaired) electrons. The zero-order valence-corrected chi connectivity index (χ0v) is 31.2. The minimum atomic E-state index is 1.09. The first-order valence-electron chi connectivity index (χ1n) is 19.5. The molecule has 2 aromatic heterocycles. The molecule has 0 aliphatic heterocycles. The summed E-state index contributed by atoms with van der Waals surface area (Å²) in [4.78, 5) is 2.42. The topological polar surface area (TPSA) is 13.1 Å². The molecule has 0 spiro atoms. The van der Waals surface area contributed by atoms with Gasteiger partial charge in [0.25, 0.3) is 0 Å². The molecule has 11 aromatic rings. The third kappa shape index (κ3) is 5.51. The Bertz CT molecular complexity index is 3160. The summed E-state index contributed by atoms with van der Waals surface area (Å²) < 4.78 is 4.76. The summed E-state index contributed by atoms with van der Waals surface area (Å²) in [5.74, 6) is 0.